The molecule has 0 N–H and O–H groups in total. The van der Waals surface area contributed by atoms with Crippen LogP contribution in [-0.4, -0.2) is 37.7 Å². The van der Waals surface area contributed by atoms with Crippen molar-refractivity contribution in [3.05, 3.63) is 0 Å². The summed E-state index contributed by atoms with van der Waals surface area (Å²) >= 11 is 0. The quantitative estimate of drug-likeness (QED) is 0.603. The van der Waals surface area contributed by atoms with Gasteiger partial charge in [0.05, 0.1) is 24.7 Å². The van der Waals surface area contributed by atoms with Crippen LogP contribution in [0.4, 0.5) is 0 Å². The lowest BCUT2D eigenvalue weighted by molar-refractivity contribution is 0.0322. The number of nitrogens with zero attached hydrogens (tertiary/aromatic N) is 2. The molecule has 1 aliphatic carbocycles. The van der Waals surface area contributed by atoms with Crippen molar-refractivity contribution in [2.75, 3.05) is 32.8 Å². The second kappa shape index (κ2) is 3.04. The molecule has 1 saturated heterocycles. The number of rotatable bonds is 2. The Morgan fingerprint density at radius 2 is 2.00 bits per heavy atom. The smallest absolute Gasteiger partial charge is 0.0703 e. The summed E-state index contributed by atoms with van der Waals surface area (Å²) in [4.78, 5) is 2.35. The number of morpholine rings is 1. The normalized spacial score (nSPS) is 27.9. The van der Waals surface area contributed by atoms with Gasteiger partial charge in [0.15, 0.2) is 0 Å². The molecular formula is C9H14N2O. The summed E-state index contributed by atoms with van der Waals surface area (Å²) in [5.74, 6) is 0. The third kappa shape index (κ3) is 1.60. The summed E-state index contributed by atoms with van der Waals surface area (Å²) in [6.45, 7) is 4.64. The lowest BCUT2D eigenvalue weighted by Gasteiger charge is -2.28. The molecule has 0 aromatic heterocycles. The molecule has 0 radical (unpaired) electrons. The highest BCUT2D eigenvalue weighted by molar-refractivity contribution is 5.11. The summed E-state index contributed by atoms with van der Waals surface area (Å²) in [7, 11) is 0. The average molecular weight is 166 g/mol. The molecule has 1 heterocycles. The first-order chi connectivity index (χ1) is 5.85. The maximum absolute atomic E-state index is 8.88. The fourth-order valence-electron chi connectivity index (χ4n) is 1.64. The first-order valence-corrected chi connectivity index (χ1v) is 4.56. The Hall–Kier alpha value is -0.590. The molecule has 0 unspecified atom stereocenters. The number of nitriles is 1. The Morgan fingerprint density at radius 3 is 2.50 bits per heavy atom. The van der Waals surface area contributed by atoms with Crippen molar-refractivity contribution >= 4 is 0 Å². The minimum absolute atomic E-state index is 0.0251. The van der Waals surface area contributed by atoms with E-state index in [0.717, 1.165) is 45.7 Å². The van der Waals surface area contributed by atoms with Gasteiger partial charge in [0.25, 0.3) is 0 Å². The van der Waals surface area contributed by atoms with Gasteiger partial charge in [-0.3, -0.25) is 4.90 Å². The molecule has 2 aliphatic rings. The van der Waals surface area contributed by atoms with Crippen LogP contribution in [0.5, 0.6) is 0 Å². The third-order valence-corrected chi connectivity index (χ3v) is 2.72. The van der Waals surface area contributed by atoms with Crippen molar-refractivity contribution in [2.45, 2.75) is 12.8 Å². The Balaban J connectivity index is 1.82. The van der Waals surface area contributed by atoms with Crippen molar-refractivity contribution in [3.63, 3.8) is 0 Å². The topological polar surface area (TPSA) is 36.3 Å². The van der Waals surface area contributed by atoms with Gasteiger partial charge in [0.2, 0.25) is 0 Å². The molecule has 1 saturated carbocycles. The molecule has 2 rings (SSSR count). The van der Waals surface area contributed by atoms with Crippen LogP contribution in [0.25, 0.3) is 0 Å². The summed E-state index contributed by atoms with van der Waals surface area (Å²) in [6.07, 6.45) is 2.20. The van der Waals surface area contributed by atoms with Crippen LogP contribution >= 0.6 is 0 Å². The zero-order valence-corrected chi connectivity index (χ0v) is 7.25. The van der Waals surface area contributed by atoms with Gasteiger partial charge >= 0.3 is 0 Å². The van der Waals surface area contributed by atoms with Crippen LogP contribution in [0.3, 0.4) is 0 Å². The summed E-state index contributed by atoms with van der Waals surface area (Å²) in [6, 6.07) is 2.42. The van der Waals surface area contributed by atoms with Gasteiger partial charge in [-0.05, 0) is 12.8 Å². The van der Waals surface area contributed by atoms with Crippen LogP contribution < -0.4 is 0 Å². The van der Waals surface area contributed by atoms with Gasteiger partial charge in [-0.25, -0.2) is 0 Å². The van der Waals surface area contributed by atoms with E-state index in [0.29, 0.717) is 0 Å². The molecule has 0 spiro atoms. The summed E-state index contributed by atoms with van der Waals surface area (Å²) in [5, 5.41) is 8.88. The maximum Gasteiger partial charge on any atom is 0.0703 e. The highest BCUT2D eigenvalue weighted by Gasteiger charge is 2.44. The molecule has 0 aromatic carbocycles. The van der Waals surface area contributed by atoms with Gasteiger partial charge < -0.3 is 4.74 Å². The fraction of sp³-hybridized carbons (Fsp3) is 0.889. The number of hydrogen-bond donors (Lipinski definition) is 0. The fourth-order valence-corrected chi connectivity index (χ4v) is 1.64. The van der Waals surface area contributed by atoms with E-state index in [1.807, 2.05) is 0 Å². The Kier molecular flexibility index (Phi) is 2.03. The van der Waals surface area contributed by atoms with Crippen molar-refractivity contribution < 1.29 is 4.74 Å². The Bertz CT molecular complexity index is 199. The van der Waals surface area contributed by atoms with E-state index in [-0.39, 0.29) is 5.41 Å². The van der Waals surface area contributed by atoms with E-state index in [9.17, 15) is 0 Å². The predicted octanol–water partition coefficient (Wildman–Crippen LogP) is 0.622. The highest BCUT2D eigenvalue weighted by Crippen LogP contribution is 2.45. The summed E-state index contributed by atoms with van der Waals surface area (Å²) in [5.41, 5.74) is 0.0251. The van der Waals surface area contributed by atoms with Crippen LogP contribution in [-0.2, 0) is 4.74 Å². The zero-order chi connectivity index (χ0) is 8.44. The van der Waals surface area contributed by atoms with E-state index in [1.165, 1.54) is 0 Å². The highest BCUT2D eigenvalue weighted by atomic mass is 16.5. The van der Waals surface area contributed by atoms with Gasteiger partial charge in [0.1, 0.15) is 0 Å². The van der Waals surface area contributed by atoms with Gasteiger partial charge in [0, 0.05) is 19.6 Å². The third-order valence-electron chi connectivity index (χ3n) is 2.72. The van der Waals surface area contributed by atoms with Gasteiger partial charge in [-0.15, -0.1) is 0 Å². The molecule has 0 bridgehead atoms. The molecule has 1 aliphatic heterocycles. The molecule has 66 valence electrons. The van der Waals surface area contributed by atoms with E-state index < -0.39 is 0 Å². The minimum atomic E-state index is 0.0251. The monoisotopic (exact) mass is 166 g/mol. The van der Waals surface area contributed by atoms with Crippen molar-refractivity contribution in [1.29, 1.82) is 5.26 Å². The SMILES string of the molecule is N#CC1(CN2CCOCC2)CC1. The van der Waals surface area contributed by atoms with E-state index in [2.05, 4.69) is 11.0 Å². The largest absolute Gasteiger partial charge is 0.379 e. The average Bonchev–Trinajstić information content (AvgIpc) is 2.88. The molecule has 0 aromatic rings. The Labute approximate surface area is 72.9 Å². The van der Waals surface area contributed by atoms with Crippen molar-refractivity contribution in [2.24, 2.45) is 5.41 Å². The lowest BCUT2D eigenvalue weighted by Crippen LogP contribution is -2.39. The zero-order valence-electron chi connectivity index (χ0n) is 7.25. The van der Waals surface area contributed by atoms with E-state index >= 15 is 0 Å². The molecule has 3 heteroatoms. The van der Waals surface area contributed by atoms with E-state index in [1.54, 1.807) is 0 Å². The predicted molar refractivity (Wildman–Crippen MR) is 44.5 cm³/mol. The van der Waals surface area contributed by atoms with Crippen molar-refractivity contribution in [1.82, 2.24) is 4.90 Å². The lowest BCUT2D eigenvalue weighted by atomic mass is 10.1. The number of ether oxygens (including phenoxy) is 1. The molecule has 0 amide bonds. The second-order valence-corrected chi connectivity index (χ2v) is 3.78. The standard InChI is InChI=1S/C9H14N2O/c10-7-9(1-2-9)8-11-3-5-12-6-4-11/h1-6,8H2. The molecule has 2 fully saturated rings. The summed E-state index contributed by atoms with van der Waals surface area (Å²) < 4.78 is 5.24. The van der Waals surface area contributed by atoms with Crippen LogP contribution in [0, 0.1) is 16.7 Å². The molecule has 0 atom stereocenters. The maximum atomic E-state index is 8.88. The molecule has 12 heavy (non-hydrogen) atoms. The van der Waals surface area contributed by atoms with Gasteiger partial charge in [-0.1, -0.05) is 0 Å². The molecule has 3 nitrogen and oxygen atoms in total. The second-order valence-electron chi connectivity index (χ2n) is 3.78. The first kappa shape index (κ1) is 8.03. The Morgan fingerprint density at radius 1 is 1.33 bits per heavy atom. The van der Waals surface area contributed by atoms with Crippen LogP contribution in [0.1, 0.15) is 12.8 Å². The number of hydrogen-bond acceptors (Lipinski definition) is 3. The molecular weight excluding hydrogens is 152 g/mol. The van der Waals surface area contributed by atoms with Crippen molar-refractivity contribution in [3.8, 4) is 6.07 Å². The first-order valence-electron chi connectivity index (χ1n) is 4.56. The van der Waals surface area contributed by atoms with Crippen LogP contribution in [0.15, 0.2) is 0 Å². The minimum Gasteiger partial charge on any atom is -0.379 e. The van der Waals surface area contributed by atoms with E-state index in [4.69, 9.17) is 10.00 Å². The van der Waals surface area contributed by atoms with Crippen LogP contribution in [0.2, 0.25) is 0 Å². The van der Waals surface area contributed by atoms with Gasteiger partial charge in [-0.2, -0.15) is 5.26 Å².